The number of ether oxygens (including phenoxy) is 1. The summed E-state index contributed by atoms with van der Waals surface area (Å²) >= 11 is 8.01. The number of halogens is 1. The lowest BCUT2D eigenvalue weighted by molar-refractivity contribution is 0.199. The van der Waals surface area contributed by atoms with Crippen molar-refractivity contribution >= 4 is 23.4 Å². The second-order valence-electron chi connectivity index (χ2n) is 4.78. The first-order chi connectivity index (χ1) is 10.1. The standard InChI is InChI=1S/C15H20ClN3OS/c1-11-8-15(19(2)18-11)21-14-5-4-12(9-13(14)16)10-17-6-7-20-3/h4-5,8-9,17H,6-7,10H2,1-3H3. The number of methoxy groups -OCH3 is 1. The van der Waals surface area contributed by atoms with Crippen LogP contribution in [-0.2, 0) is 18.3 Å². The summed E-state index contributed by atoms with van der Waals surface area (Å²) in [6.45, 7) is 4.32. The molecule has 0 fully saturated rings. The largest absolute Gasteiger partial charge is 0.383 e. The van der Waals surface area contributed by atoms with Crippen LogP contribution in [0.25, 0.3) is 0 Å². The highest BCUT2D eigenvalue weighted by Gasteiger charge is 2.08. The molecule has 2 aromatic rings. The van der Waals surface area contributed by atoms with E-state index in [-0.39, 0.29) is 0 Å². The molecule has 6 heteroatoms. The Balaban J connectivity index is 2.00. The van der Waals surface area contributed by atoms with Gasteiger partial charge in [0, 0.05) is 32.1 Å². The molecule has 2 rings (SSSR count). The van der Waals surface area contributed by atoms with E-state index in [9.17, 15) is 0 Å². The number of benzene rings is 1. The Hall–Kier alpha value is -1.01. The molecule has 114 valence electrons. The van der Waals surface area contributed by atoms with Crippen molar-refractivity contribution in [3.63, 3.8) is 0 Å². The van der Waals surface area contributed by atoms with Crippen LogP contribution in [0.1, 0.15) is 11.3 Å². The summed E-state index contributed by atoms with van der Waals surface area (Å²) in [6.07, 6.45) is 0. The first-order valence-electron chi connectivity index (χ1n) is 6.76. The molecule has 4 nitrogen and oxygen atoms in total. The van der Waals surface area contributed by atoms with E-state index in [0.717, 1.165) is 33.7 Å². The summed E-state index contributed by atoms with van der Waals surface area (Å²) < 4.78 is 6.87. The number of aromatic nitrogens is 2. The fraction of sp³-hybridized carbons (Fsp3) is 0.400. The Labute approximate surface area is 134 Å². The zero-order valence-corrected chi connectivity index (χ0v) is 14.1. The predicted octanol–water partition coefficient (Wildman–Crippen LogP) is 3.27. The van der Waals surface area contributed by atoms with Gasteiger partial charge in [-0.1, -0.05) is 29.4 Å². The second kappa shape index (κ2) is 7.84. The summed E-state index contributed by atoms with van der Waals surface area (Å²) in [6, 6.07) is 8.22. The summed E-state index contributed by atoms with van der Waals surface area (Å²) in [4.78, 5) is 1.04. The van der Waals surface area contributed by atoms with Crippen LogP contribution in [0, 0.1) is 6.92 Å². The third kappa shape index (κ3) is 4.74. The quantitative estimate of drug-likeness (QED) is 0.793. The lowest BCUT2D eigenvalue weighted by atomic mass is 10.2. The van der Waals surface area contributed by atoms with Gasteiger partial charge in [0.15, 0.2) is 0 Å². The van der Waals surface area contributed by atoms with E-state index in [0.29, 0.717) is 6.61 Å². The fourth-order valence-electron chi connectivity index (χ4n) is 1.94. The Morgan fingerprint density at radius 3 is 2.81 bits per heavy atom. The molecule has 0 aliphatic rings. The van der Waals surface area contributed by atoms with Gasteiger partial charge in [0.25, 0.3) is 0 Å². The molecule has 1 aromatic heterocycles. The zero-order chi connectivity index (χ0) is 15.2. The van der Waals surface area contributed by atoms with Crippen LogP contribution in [0.4, 0.5) is 0 Å². The minimum atomic E-state index is 0.710. The zero-order valence-electron chi connectivity index (χ0n) is 12.5. The molecule has 0 saturated carbocycles. The van der Waals surface area contributed by atoms with Gasteiger partial charge < -0.3 is 10.1 Å². The number of nitrogens with zero attached hydrogens (tertiary/aromatic N) is 2. The number of rotatable bonds is 7. The van der Waals surface area contributed by atoms with Crippen molar-refractivity contribution in [1.29, 1.82) is 0 Å². The minimum Gasteiger partial charge on any atom is -0.383 e. The van der Waals surface area contributed by atoms with E-state index in [1.165, 1.54) is 5.56 Å². The average Bonchev–Trinajstić information content (AvgIpc) is 2.76. The monoisotopic (exact) mass is 325 g/mol. The highest BCUT2D eigenvalue weighted by Crippen LogP contribution is 2.33. The van der Waals surface area contributed by atoms with Gasteiger partial charge in [-0.15, -0.1) is 0 Å². The number of hydrogen-bond donors (Lipinski definition) is 1. The van der Waals surface area contributed by atoms with Gasteiger partial charge in [-0.05, 0) is 30.7 Å². The number of nitrogens with one attached hydrogen (secondary N) is 1. The normalized spacial score (nSPS) is 11.0. The molecule has 0 unspecified atom stereocenters. The molecule has 0 radical (unpaired) electrons. The summed E-state index contributed by atoms with van der Waals surface area (Å²) in [7, 11) is 3.64. The van der Waals surface area contributed by atoms with E-state index >= 15 is 0 Å². The average molecular weight is 326 g/mol. The minimum absolute atomic E-state index is 0.710. The van der Waals surface area contributed by atoms with Gasteiger partial charge in [-0.2, -0.15) is 5.10 Å². The van der Waals surface area contributed by atoms with Crippen molar-refractivity contribution in [2.24, 2.45) is 7.05 Å². The molecule has 1 N–H and O–H groups in total. The van der Waals surface area contributed by atoms with Crippen LogP contribution in [-0.4, -0.2) is 30.0 Å². The highest BCUT2D eigenvalue weighted by molar-refractivity contribution is 7.99. The molecular formula is C15H20ClN3OS. The molecule has 0 bridgehead atoms. The molecule has 0 atom stereocenters. The first kappa shape index (κ1) is 16.4. The van der Waals surface area contributed by atoms with Crippen molar-refractivity contribution in [3.8, 4) is 0 Å². The van der Waals surface area contributed by atoms with Gasteiger partial charge in [-0.25, -0.2) is 0 Å². The van der Waals surface area contributed by atoms with Crippen LogP contribution in [0.3, 0.4) is 0 Å². The Kier molecular flexibility index (Phi) is 6.11. The van der Waals surface area contributed by atoms with E-state index in [2.05, 4.69) is 28.6 Å². The third-order valence-corrected chi connectivity index (χ3v) is 4.57. The summed E-state index contributed by atoms with van der Waals surface area (Å²) in [5.41, 5.74) is 2.18. The van der Waals surface area contributed by atoms with E-state index in [1.54, 1.807) is 18.9 Å². The molecular weight excluding hydrogens is 306 g/mol. The summed E-state index contributed by atoms with van der Waals surface area (Å²) in [5, 5.41) is 9.50. The Morgan fingerprint density at radius 2 is 2.19 bits per heavy atom. The first-order valence-corrected chi connectivity index (χ1v) is 7.96. The summed E-state index contributed by atoms with van der Waals surface area (Å²) in [5.74, 6) is 0. The highest BCUT2D eigenvalue weighted by atomic mass is 35.5. The van der Waals surface area contributed by atoms with E-state index < -0.39 is 0 Å². The molecule has 1 heterocycles. The fourth-order valence-corrected chi connectivity index (χ4v) is 3.18. The molecule has 0 saturated heterocycles. The Morgan fingerprint density at radius 1 is 1.38 bits per heavy atom. The number of aryl methyl sites for hydroxylation is 2. The van der Waals surface area contributed by atoms with Crippen molar-refractivity contribution < 1.29 is 4.74 Å². The maximum atomic E-state index is 6.38. The SMILES string of the molecule is COCCNCc1ccc(Sc2cc(C)nn2C)c(Cl)c1. The molecule has 1 aromatic carbocycles. The maximum absolute atomic E-state index is 6.38. The van der Waals surface area contributed by atoms with Crippen molar-refractivity contribution in [2.75, 3.05) is 20.3 Å². The van der Waals surface area contributed by atoms with Gasteiger partial charge >= 0.3 is 0 Å². The van der Waals surface area contributed by atoms with Crippen LogP contribution in [0.15, 0.2) is 34.2 Å². The van der Waals surface area contributed by atoms with Gasteiger partial charge in [0.1, 0.15) is 0 Å². The lowest BCUT2D eigenvalue weighted by Crippen LogP contribution is -2.18. The van der Waals surface area contributed by atoms with Crippen molar-refractivity contribution in [2.45, 2.75) is 23.4 Å². The maximum Gasteiger partial charge on any atom is 0.0987 e. The van der Waals surface area contributed by atoms with Gasteiger partial charge in [0.2, 0.25) is 0 Å². The van der Waals surface area contributed by atoms with Crippen LogP contribution < -0.4 is 5.32 Å². The third-order valence-electron chi connectivity index (χ3n) is 2.98. The van der Waals surface area contributed by atoms with E-state index in [1.807, 2.05) is 24.7 Å². The second-order valence-corrected chi connectivity index (χ2v) is 6.25. The molecule has 0 amide bonds. The van der Waals surface area contributed by atoms with Crippen molar-refractivity contribution in [3.05, 3.63) is 40.5 Å². The molecule has 0 aliphatic carbocycles. The van der Waals surface area contributed by atoms with Crippen LogP contribution in [0.2, 0.25) is 5.02 Å². The smallest absolute Gasteiger partial charge is 0.0987 e. The van der Waals surface area contributed by atoms with E-state index in [4.69, 9.17) is 16.3 Å². The van der Waals surface area contributed by atoms with Crippen LogP contribution in [0.5, 0.6) is 0 Å². The van der Waals surface area contributed by atoms with Crippen LogP contribution >= 0.6 is 23.4 Å². The number of hydrogen-bond acceptors (Lipinski definition) is 4. The molecule has 21 heavy (non-hydrogen) atoms. The Bertz CT molecular complexity index is 601. The topological polar surface area (TPSA) is 39.1 Å². The van der Waals surface area contributed by atoms with Gasteiger partial charge in [0.05, 0.1) is 22.3 Å². The van der Waals surface area contributed by atoms with Crippen molar-refractivity contribution in [1.82, 2.24) is 15.1 Å². The predicted molar refractivity (Wildman–Crippen MR) is 87.1 cm³/mol. The van der Waals surface area contributed by atoms with Gasteiger partial charge in [-0.3, -0.25) is 4.68 Å². The molecule has 0 aliphatic heterocycles. The lowest BCUT2D eigenvalue weighted by Gasteiger charge is -2.08. The molecule has 0 spiro atoms.